The summed E-state index contributed by atoms with van der Waals surface area (Å²) in [5.74, 6) is -0.198. The van der Waals surface area contributed by atoms with Gasteiger partial charge >= 0.3 is 5.97 Å². The first kappa shape index (κ1) is 11.9. The molecule has 0 aliphatic carbocycles. The van der Waals surface area contributed by atoms with Crippen LogP contribution in [0.15, 0.2) is 24.3 Å². The molecule has 1 aliphatic rings. The van der Waals surface area contributed by atoms with E-state index in [-0.39, 0.29) is 18.6 Å². The van der Waals surface area contributed by atoms with Crippen molar-refractivity contribution in [3.05, 3.63) is 29.8 Å². The van der Waals surface area contributed by atoms with Gasteiger partial charge in [-0.2, -0.15) is 0 Å². The fourth-order valence-corrected chi connectivity index (χ4v) is 2.23. The van der Waals surface area contributed by atoms with Crippen LogP contribution in [0.25, 0.3) is 0 Å². The lowest BCUT2D eigenvalue weighted by Gasteiger charge is -2.33. The SMILES string of the molecule is CCOC(=O)CN1CC(N)Cc2ccccc21. The summed E-state index contributed by atoms with van der Waals surface area (Å²) in [4.78, 5) is 13.5. The molecule has 1 aliphatic heterocycles. The van der Waals surface area contributed by atoms with Crippen molar-refractivity contribution in [2.45, 2.75) is 19.4 Å². The number of esters is 1. The molecule has 0 spiro atoms. The number of carbonyl (C=O) groups is 1. The van der Waals surface area contributed by atoms with Crippen LogP contribution in [0.4, 0.5) is 5.69 Å². The van der Waals surface area contributed by atoms with E-state index in [2.05, 4.69) is 6.07 Å². The molecule has 17 heavy (non-hydrogen) atoms. The topological polar surface area (TPSA) is 55.6 Å². The summed E-state index contributed by atoms with van der Waals surface area (Å²) in [5, 5.41) is 0. The molecule has 1 atom stereocenters. The minimum Gasteiger partial charge on any atom is -0.465 e. The van der Waals surface area contributed by atoms with Crippen LogP contribution in [-0.4, -0.2) is 31.7 Å². The number of nitrogens with zero attached hydrogens (tertiary/aromatic N) is 1. The van der Waals surface area contributed by atoms with E-state index in [4.69, 9.17) is 10.5 Å². The first-order valence-corrected chi connectivity index (χ1v) is 5.94. The minimum atomic E-state index is -0.198. The molecule has 2 N–H and O–H groups in total. The van der Waals surface area contributed by atoms with E-state index < -0.39 is 0 Å². The van der Waals surface area contributed by atoms with E-state index in [9.17, 15) is 4.79 Å². The summed E-state index contributed by atoms with van der Waals surface area (Å²) in [7, 11) is 0. The first-order valence-electron chi connectivity index (χ1n) is 5.94. The van der Waals surface area contributed by atoms with E-state index in [0.29, 0.717) is 13.2 Å². The Hall–Kier alpha value is -1.55. The molecule has 4 nitrogen and oxygen atoms in total. The van der Waals surface area contributed by atoms with Gasteiger partial charge in [-0.05, 0) is 25.0 Å². The number of anilines is 1. The van der Waals surface area contributed by atoms with Crippen LogP contribution < -0.4 is 10.6 Å². The van der Waals surface area contributed by atoms with Crippen molar-refractivity contribution in [3.8, 4) is 0 Å². The molecular weight excluding hydrogens is 216 g/mol. The van der Waals surface area contributed by atoms with E-state index >= 15 is 0 Å². The molecule has 0 saturated carbocycles. The van der Waals surface area contributed by atoms with Crippen molar-refractivity contribution in [1.29, 1.82) is 0 Å². The van der Waals surface area contributed by atoms with Gasteiger partial charge in [0.25, 0.3) is 0 Å². The smallest absolute Gasteiger partial charge is 0.325 e. The Kier molecular flexibility index (Phi) is 3.64. The standard InChI is InChI=1S/C13H18N2O2/c1-2-17-13(16)9-15-8-11(14)7-10-5-3-4-6-12(10)15/h3-6,11H,2,7-9,14H2,1H3. The molecule has 0 radical (unpaired) electrons. The van der Waals surface area contributed by atoms with Gasteiger partial charge in [0, 0.05) is 18.3 Å². The monoisotopic (exact) mass is 234 g/mol. The zero-order chi connectivity index (χ0) is 12.3. The fraction of sp³-hybridized carbons (Fsp3) is 0.462. The normalized spacial score (nSPS) is 18.7. The summed E-state index contributed by atoms with van der Waals surface area (Å²) in [6, 6.07) is 8.15. The van der Waals surface area contributed by atoms with Gasteiger partial charge in [-0.15, -0.1) is 0 Å². The Morgan fingerprint density at radius 1 is 1.53 bits per heavy atom. The number of hydrogen-bond acceptors (Lipinski definition) is 4. The fourth-order valence-electron chi connectivity index (χ4n) is 2.23. The molecule has 1 aromatic carbocycles. The summed E-state index contributed by atoms with van der Waals surface area (Å²) in [6.45, 7) is 3.21. The number of para-hydroxylation sites is 1. The van der Waals surface area contributed by atoms with Crippen LogP contribution in [0.3, 0.4) is 0 Å². The van der Waals surface area contributed by atoms with Crippen molar-refractivity contribution in [2.75, 3.05) is 24.6 Å². The van der Waals surface area contributed by atoms with Crippen molar-refractivity contribution in [2.24, 2.45) is 5.73 Å². The van der Waals surface area contributed by atoms with Crippen LogP contribution in [0.2, 0.25) is 0 Å². The molecule has 0 saturated heterocycles. The summed E-state index contributed by atoms with van der Waals surface area (Å²) < 4.78 is 4.97. The number of nitrogens with two attached hydrogens (primary N) is 1. The Morgan fingerprint density at radius 3 is 3.06 bits per heavy atom. The lowest BCUT2D eigenvalue weighted by molar-refractivity contribution is -0.141. The van der Waals surface area contributed by atoms with E-state index in [0.717, 1.165) is 12.1 Å². The molecule has 92 valence electrons. The van der Waals surface area contributed by atoms with Gasteiger partial charge in [-0.25, -0.2) is 0 Å². The molecule has 4 heteroatoms. The van der Waals surface area contributed by atoms with E-state index in [1.807, 2.05) is 30.0 Å². The van der Waals surface area contributed by atoms with Gasteiger partial charge in [-0.3, -0.25) is 4.79 Å². The van der Waals surface area contributed by atoms with Crippen LogP contribution in [-0.2, 0) is 16.0 Å². The lowest BCUT2D eigenvalue weighted by atomic mass is 9.98. The van der Waals surface area contributed by atoms with Gasteiger partial charge in [0.2, 0.25) is 0 Å². The third-order valence-electron chi connectivity index (χ3n) is 2.89. The third kappa shape index (κ3) is 2.77. The van der Waals surface area contributed by atoms with Crippen LogP contribution in [0.5, 0.6) is 0 Å². The Labute approximate surface area is 101 Å². The predicted molar refractivity (Wildman–Crippen MR) is 67.0 cm³/mol. The number of rotatable bonds is 3. The second-order valence-electron chi connectivity index (χ2n) is 4.28. The molecule has 0 bridgehead atoms. The van der Waals surface area contributed by atoms with Gasteiger partial charge in [-0.1, -0.05) is 18.2 Å². The molecular formula is C13H18N2O2. The number of carbonyl (C=O) groups excluding carboxylic acids is 1. The molecule has 1 heterocycles. The highest BCUT2D eigenvalue weighted by molar-refractivity contribution is 5.76. The second-order valence-corrected chi connectivity index (χ2v) is 4.28. The zero-order valence-corrected chi connectivity index (χ0v) is 10.1. The van der Waals surface area contributed by atoms with Crippen LogP contribution in [0.1, 0.15) is 12.5 Å². The number of fused-ring (bicyclic) bond motifs is 1. The molecule has 0 amide bonds. The maximum Gasteiger partial charge on any atom is 0.325 e. The van der Waals surface area contributed by atoms with Gasteiger partial charge in [0.15, 0.2) is 0 Å². The van der Waals surface area contributed by atoms with E-state index in [1.54, 1.807) is 0 Å². The van der Waals surface area contributed by atoms with Crippen molar-refractivity contribution in [1.82, 2.24) is 0 Å². The molecule has 1 aromatic rings. The van der Waals surface area contributed by atoms with Crippen LogP contribution in [0, 0.1) is 0 Å². The Balaban J connectivity index is 2.15. The predicted octanol–water partition coefficient (Wildman–Crippen LogP) is 0.940. The summed E-state index contributed by atoms with van der Waals surface area (Å²) in [6.07, 6.45) is 0.871. The third-order valence-corrected chi connectivity index (χ3v) is 2.89. The molecule has 0 fully saturated rings. The zero-order valence-electron chi connectivity index (χ0n) is 10.1. The van der Waals surface area contributed by atoms with E-state index in [1.165, 1.54) is 5.56 Å². The average molecular weight is 234 g/mol. The highest BCUT2D eigenvalue weighted by Gasteiger charge is 2.23. The van der Waals surface area contributed by atoms with Gasteiger partial charge in [0.1, 0.15) is 6.54 Å². The maximum absolute atomic E-state index is 11.5. The van der Waals surface area contributed by atoms with Gasteiger partial charge < -0.3 is 15.4 Å². The van der Waals surface area contributed by atoms with Crippen molar-refractivity contribution < 1.29 is 9.53 Å². The summed E-state index contributed by atoms with van der Waals surface area (Å²) in [5.41, 5.74) is 8.30. The number of benzene rings is 1. The minimum absolute atomic E-state index is 0.0827. The van der Waals surface area contributed by atoms with Crippen LogP contribution >= 0.6 is 0 Å². The maximum atomic E-state index is 11.5. The highest BCUT2D eigenvalue weighted by Crippen LogP contribution is 2.25. The largest absolute Gasteiger partial charge is 0.465 e. The lowest BCUT2D eigenvalue weighted by Crippen LogP contribution is -2.45. The first-order chi connectivity index (χ1) is 8.20. The van der Waals surface area contributed by atoms with Crippen molar-refractivity contribution >= 4 is 11.7 Å². The second kappa shape index (κ2) is 5.19. The number of ether oxygens (including phenoxy) is 1. The summed E-state index contributed by atoms with van der Waals surface area (Å²) >= 11 is 0. The van der Waals surface area contributed by atoms with Gasteiger partial charge in [0.05, 0.1) is 6.61 Å². The highest BCUT2D eigenvalue weighted by atomic mass is 16.5. The Morgan fingerprint density at radius 2 is 2.29 bits per heavy atom. The quantitative estimate of drug-likeness (QED) is 0.791. The Bertz CT molecular complexity index is 406. The molecule has 2 rings (SSSR count). The number of hydrogen-bond donors (Lipinski definition) is 1. The average Bonchev–Trinajstić information content (AvgIpc) is 2.29. The molecule has 0 aromatic heterocycles. The van der Waals surface area contributed by atoms with Crippen molar-refractivity contribution in [3.63, 3.8) is 0 Å². The molecule has 1 unspecified atom stereocenters.